The molecule has 0 aliphatic carbocycles. The highest BCUT2D eigenvalue weighted by Gasteiger charge is 2.35. The number of allylic oxidation sites excluding steroid dienone is 1. The summed E-state index contributed by atoms with van der Waals surface area (Å²) in [6, 6.07) is 0. The van der Waals surface area contributed by atoms with Crippen molar-refractivity contribution in [2.45, 2.75) is 6.18 Å². The van der Waals surface area contributed by atoms with Crippen molar-refractivity contribution in [3.8, 4) is 0 Å². The molecule has 0 aromatic carbocycles. The molecule has 0 unspecified atom stereocenters. The van der Waals surface area contributed by atoms with Crippen LogP contribution in [-0.4, -0.2) is 17.3 Å². The van der Waals surface area contributed by atoms with Gasteiger partial charge >= 0.3 is 12.1 Å². The average Bonchev–Trinajstić information content (AvgIpc) is 2.03. The molecule has 0 amide bonds. The lowest BCUT2D eigenvalue weighted by atomic mass is 10.2. The summed E-state index contributed by atoms with van der Waals surface area (Å²) in [5, 5.41) is 8.37. The van der Waals surface area contributed by atoms with Gasteiger partial charge in [0.1, 0.15) is 5.70 Å². The Morgan fingerprint density at radius 2 is 2.08 bits per heavy atom. The van der Waals surface area contributed by atoms with Gasteiger partial charge in [0.25, 0.3) is 0 Å². The molecule has 1 aliphatic heterocycles. The molecule has 13 heavy (non-hydrogen) atoms. The number of hydrogen-bond acceptors (Lipinski definition) is 3. The molecule has 0 spiro atoms. The van der Waals surface area contributed by atoms with E-state index in [1.807, 2.05) is 5.43 Å². The minimum absolute atomic E-state index is 0.453. The van der Waals surface area contributed by atoms with Crippen molar-refractivity contribution in [3.05, 3.63) is 23.5 Å². The zero-order valence-electron chi connectivity index (χ0n) is 6.14. The minimum atomic E-state index is -4.58. The van der Waals surface area contributed by atoms with E-state index in [-0.39, 0.29) is 0 Å². The molecule has 1 aliphatic rings. The summed E-state index contributed by atoms with van der Waals surface area (Å²) in [7, 11) is 0. The molecule has 3 N–H and O–H groups in total. The van der Waals surface area contributed by atoms with Crippen molar-refractivity contribution in [1.82, 2.24) is 10.9 Å². The summed E-state index contributed by atoms with van der Waals surface area (Å²) >= 11 is 0. The standard InChI is InChI=1S/C6H5F3N2O2/c7-6(8,9)4-1-3(5(12)13)2-10-11-4/h1-2,10-11H,(H,12,13). The quantitative estimate of drug-likeness (QED) is 0.569. The summed E-state index contributed by atoms with van der Waals surface area (Å²) in [6.45, 7) is 0. The summed E-state index contributed by atoms with van der Waals surface area (Å²) in [5.41, 5.74) is 2.20. The maximum Gasteiger partial charge on any atom is 0.432 e. The lowest BCUT2D eigenvalue weighted by molar-refractivity contribution is -0.132. The van der Waals surface area contributed by atoms with Crippen LogP contribution in [0.25, 0.3) is 0 Å². The van der Waals surface area contributed by atoms with E-state index in [0.717, 1.165) is 6.20 Å². The smallest absolute Gasteiger partial charge is 0.432 e. The first-order chi connectivity index (χ1) is 5.91. The fraction of sp³-hybridized carbons (Fsp3) is 0.167. The molecule has 0 aromatic heterocycles. The zero-order valence-corrected chi connectivity index (χ0v) is 6.14. The van der Waals surface area contributed by atoms with Crippen molar-refractivity contribution in [2.75, 3.05) is 0 Å². The van der Waals surface area contributed by atoms with Crippen LogP contribution in [0.2, 0.25) is 0 Å². The number of rotatable bonds is 1. The van der Waals surface area contributed by atoms with Crippen LogP contribution >= 0.6 is 0 Å². The van der Waals surface area contributed by atoms with Crippen LogP contribution in [-0.2, 0) is 4.79 Å². The fourth-order valence-corrected chi connectivity index (χ4v) is 0.701. The number of carboxylic acid groups (broad SMARTS) is 1. The van der Waals surface area contributed by atoms with Crippen LogP contribution in [0.5, 0.6) is 0 Å². The Kier molecular flexibility index (Phi) is 2.18. The van der Waals surface area contributed by atoms with Crippen molar-refractivity contribution in [1.29, 1.82) is 0 Å². The molecule has 0 bridgehead atoms. The van der Waals surface area contributed by atoms with Gasteiger partial charge in [-0.15, -0.1) is 0 Å². The topological polar surface area (TPSA) is 61.4 Å². The van der Waals surface area contributed by atoms with E-state index >= 15 is 0 Å². The van der Waals surface area contributed by atoms with Gasteiger partial charge in [-0.05, 0) is 6.08 Å². The van der Waals surface area contributed by atoms with Gasteiger partial charge in [0, 0.05) is 6.20 Å². The van der Waals surface area contributed by atoms with Crippen molar-refractivity contribution >= 4 is 5.97 Å². The highest BCUT2D eigenvalue weighted by Crippen LogP contribution is 2.25. The first kappa shape index (κ1) is 9.43. The predicted octanol–water partition coefficient (Wildman–Crippen LogP) is 0.509. The Morgan fingerprint density at radius 3 is 2.54 bits per heavy atom. The van der Waals surface area contributed by atoms with Gasteiger partial charge in [0.05, 0.1) is 5.57 Å². The third-order valence-corrected chi connectivity index (χ3v) is 1.29. The monoisotopic (exact) mass is 194 g/mol. The molecule has 0 saturated heterocycles. The number of carboxylic acids is 1. The van der Waals surface area contributed by atoms with Crippen LogP contribution < -0.4 is 10.9 Å². The number of carbonyl (C=O) groups is 1. The van der Waals surface area contributed by atoms with Crippen LogP contribution in [0.1, 0.15) is 0 Å². The second-order valence-electron chi connectivity index (χ2n) is 2.23. The Bertz CT molecular complexity index is 293. The van der Waals surface area contributed by atoms with Crippen LogP contribution in [0.15, 0.2) is 23.5 Å². The van der Waals surface area contributed by atoms with Gasteiger partial charge in [-0.2, -0.15) is 13.2 Å². The molecule has 4 nitrogen and oxygen atoms in total. The second kappa shape index (κ2) is 3.00. The SMILES string of the molecule is O=C(O)C1=CNNC(C(F)(F)F)=C1. The molecule has 7 heteroatoms. The van der Waals surface area contributed by atoms with Gasteiger partial charge in [0.15, 0.2) is 0 Å². The lowest BCUT2D eigenvalue weighted by Gasteiger charge is -2.17. The highest BCUT2D eigenvalue weighted by molar-refractivity contribution is 5.90. The van der Waals surface area contributed by atoms with Crippen molar-refractivity contribution in [3.63, 3.8) is 0 Å². The van der Waals surface area contributed by atoms with E-state index < -0.39 is 23.4 Å². The van der Waals surface area contributed by atoms with Crippen molar-refractivity contribution in [2.24, 2.45) is 0 Å². The molecule has 0 atom stereocenters. The van der Waals surface area contributed by atoms with E-state index in [1.54, 1.807) is 5.43 Å². The molecule has 0 saturated carbocycles. The maximum absolute atomic E-state index is 12.0. The number of nitrogens with one attached hydrogen (secondary N) is 2. The second-order valence-corrected chi connectivity index (χ2v) is 2.23. The summed E-state index contributed by atoms with van der Waals surface area (Å²) in [5.74, 6) is -1.42. The molecule has 0 aromatic rings. The summed E-state index contributed by atoms with van der Waals surface area (Å²) in [6.07, 6.45) is -3.14. The van der Waals surface area contributed by atoms with E-state index in [9.17, 15) is 18.0 Å². The van der Waals surface area contributed by atoms with E-state index in [4.69, 9.17) is 5.11 Å². The molecule has 1 heterocycles. The summed E-state index contributed by atoms with van der Waals surface area (Å²) < 4.78 is 36.0. The van der Waals surface area contributed by atoms with Gasteiger partial charge < -0.3 is 10.5 Å². The largest absolute Gasteiger partial charge is 0.478 e. The Labute approximate surface area is 70.7 Å². The third kappa shape index (κ3) is 2.14. The number of halogens is 3. The molecule has 0 fully saturated rings. The van der Waals surface area contributed by atoms with Crippen LogP contribution in [0.3, 0.4) is 0 Å². The van der Waals surface area contributed by atoms with Gasteiger partial charge in [-0.1, -0.05) is 0 Å². The molecular weight excluding hydrogens is 189 g/mol. The fourth-order valence-electron chi connectivity index (χ4n) is 0.701. The average molecular weight is 194 g/mol. The van der Waals surface area contributed by atoms with E-state index in [2.05, 4.69) is 0 Å². The molecular formula is C6H5F3N2O2. The number of hydrazine groups is 1. The molecule has 1 rings (SSSR count). The van der Waals surface area contributed by atoms with Gasteiger partial charge in [0.2, 0.25) is 0 Å². The molecule has 72 valence electrons. The van der Waals surface area contributed by atoms with Crippen LogP contribution in [0, 0.1) is 0 Å². The first-order valence-corrected chi connectivity index (χ1v) is 3.15. The van der Waals surface area contributed by atoms with Gasteiger partial charge in [-0.3, -0.25) is 5.43 Å². The van der Waals surface area contributed by atoms with E-state index in [1.165, 1.54) is 0 Å². The van der Waals surface area contributed by atoms with Gasteiger partial charge in [-0.25, -0.2) is 4.79 Å². The Balaban J connectivity index is 2.91. The van der Waals surface area contributed by atoms with Crippen molar-refractivity contribution < 1.29 is 23.1 Å². The Hall–Kier alpha value is -1.66. The first-order valence-electron chi connectivity index (χ1n) is 3.15. The number of hydrogen-bond donors (Lipinski definition) is 3. The normalized spacial score (nSPS) is 16.5. The van der Waals surface area contributed by atoms with Crippen LogP contribution in [0.4, 0.5) is 13.2 Å². The highest BCUT2D eigenvalue weighted by atomic mass is 19.4. The maximum atomic E-state index is 12.0. The third-order valence-electron chi connectivity index (χ3n) is 1.29. The number of alkyl halides is 3. The number of aliphatic carboxylic acids is 1. The summed E-state index contributed by atoms with van der Waals surface area (Å²) in [4.78, 5) is 10.3. The zero-order chi connectivity index (χ0) is 10.1. The van der Waals surface area contributed by atoms with E-state index in [0.29, 0.717) is 6.08 Å². The lowest BCUT2D eigenvalue weighted by Crippen LogP contribution is -2.37. The minimum Gasteiger partial charge on any atom is -0.478 e. The Morgan fingerprint density at radius 1 is 1.46 bits per heavy atom. The predicted molar refractivity (Wildman–Crippen MR) is 36.1 cm³/mol. The molecule has 0 radical (unpaired) electrons.